The molecule has 23 heavy (non-hydrogen) atoms. The van der Waals surface area contributed by atoms with Gasteiger partial charge in [0.2, 0.25) is 0 Å². The number of aryl methyl sites for hydroxylation is 1. The predicted octanol–water partition coefficient (Wildman–Crippen LogP) is 3.57. The molecule has 1 aromatic heterocycles. The summed E-state index contributed by atoms with van der Waals surface area (Å²) in [5, 5.41) is 9.22. The molecule has 0 atom stereocenters. The highest BCUT2D eigenvalue weighted by molar-refractivity contribution is 5.80. The molecule has 0 amide bonds. The smallest absolute Gasteiger partial charge is 0.303 e. The number of fused-ring (bicyclic) bond motifs is 1. The number of benzene rings is 1. The van der Waals surface area contributed by atoms with E-state index in [0.29, 0.717) is 16.5 Å². The van der Waals surface area contributed by atoms with Gasteiger partial charge in [0.15, 0.2) is 5.43 Å². The second-order valence-corrected chi connectivity index (χ2v) is 5.45. The minimum atomic E-state index is -0.932. The maximum Gasteiger partial charge on any atom is 0.303 e. The summed E-state index contributed by atoms with van der Waals surface area (Å²) in [6.07, 6.45) is 13.6. The summed E-state index contributed by atoms with van der Waals surface area (Å²) in [5.41, 5.74) is 1.65. The molecule has 1 aliphatic carbocycles. The molecule has 0 saturated heterocycles. The van der Waals surface area contributed by atoms with Gasteiger partial charge in [-0.2, -0.15) is 0 Å². The molecule has 1 heterocycles. The molecule has 0 spiro atoms. The first-order valence-corrected chi connectivity index (χ1v) is 7.43. The first kappa shape index (κ1) is 15.0. The van der Waals surface area contributed by atoms with Crippen molar-refractivity contribution in [3.8, 4) is 0 Å². The van der Waals surface area contributed by atoms with Crippen molar-refractivity contribution in [2.75, 3.05) is 0 Å². The molecule has 1 N–H and O–H groups in total. The SMILES string of the molecule is O=C(O)CCc1coc2ccc(/C=C/C3C=CC=C3)cc2c1=O. The topological polar surface area (TPSA) is 67.5 Å². The van der Waals surface area contributed by atoms with Gasteiger partial charge >= 0.3 is 5.97 Å². The molecule has 116 valence electrons. The van der Waals surface area contributed by atoms with E-state index in [1.807, 2.05) is 24.3 Å². The average molecular weight is 308 g/mol. The fraction of sp³-hybridized carbons (Fsp3) is 0.158. The fourth-order valence-corrected chi connectivity index (χ4v) is 2.51. The summed E-state index contributed by atoms with van der Waals surface area (Å²) in [7, 11) is 0. The number of carbonyl (C=O) groups is 1. The summed E-state index contributed by atoms with van der Waals surface area (Å²) >= 11 is 0. The minimum absolute atomic E-state index is 0.0871. The molecule has 0 bridgehead atoms. The van der Waals surface area contributed by atoms with Crippen molar-refractivity contribution in [2.45, 2.75) is 12.8 Å². The van der Waals surface area contributed by atoms with E-state index < -0.39 is 5.97 Å². The van der Waals surface area contributed by atoms with Gasteiger partial charge in [0.05, 0.1) is 11.6 Å². The standard InChI is InChI=1S/C19H16O4/c20-18(21)10-8-15-12-23-17-9-7-14(11-16(17)19(15)22)6-5-13-3-1-2-4-13/h1-7,9,11-13H,8,10H2,(H,20,21)/b6-5+. The molecule has 0 unspecified atom stereocenters. The van der Waals surface area contributed by atoms with Crippen LogP contribution in [0.3, 0.4) is 0 Å². The molecule has 1 aromatic carbocycles. The van der Waals surface area contributed by atoms with Crippen LogP contribution in [-0.2, 0) is 11.2 Å². The molecule has 4 nitrogen and oxygen atoms in total. The molecule has 0 aliphatic heterocycles. The van der Waals surface area contributed by atoms with Crippen molar-refractivity contribution in [3.63, 3.8) is 0 Å². The van der Waals surface area contributed by atoms with Gasteiger partial charge in [0, 0.05) is 17.9 Å². The van der Waals surface area contributed by atoms with Gasteiger partial charge in [-0.15, -0.1) is 0 Å². The zero-order chi connectivity index (χ0) is 16.2. The van der Waals surface area contributed by atoms with Gasteiger partial charge in [-0.1, -0.05) is 42.5 Å². The monoisotopic (exact) mass is 308 g/mol. The Morgan fingerprint density at radius 1 is 1.26 bits per heavy atom. The molecule has 4 heteroatoms. The van der Waals surface area contributed by atoms with Crippen LogP contribution >= 0.6 is 0 Å². The van der Waals surface area contributed by atoms with Crippen LogP contribution in [0.5, 0.6) is 0 Å². The number of carboxylic acid groups (broad SMARTS) is 1. The molecule has 0 fully saturated rings. The summed E-state index contributed by atoms with van der Waals surface area (Å²) < 4.78 is 5.45. The van der Waals surface area contributed by atoms with Gasteiger partial charge in [0.1, 0.15) is 5.58 Å². The van der Waals surface area contributed by atoms with E-state index in [1.54, 1.807) is 12.1 Å². The molecule has 1 aliphatic rings. The lowest BCUT2D eigenvalue weighted by Crippen LogP contribution is -2.10. The summed E-state index contributed by atoms with van der Waals surface area (Å²) in [5.74, 6) is -0.650. The predicted molar refractivity (Wildman–Crippen MR) is 89.2 cm³/mol. The second-order valence-electron chi connectivity index (χ2n) is 5.45. The Bertz CT molecular complexity index is 872. The van der Waals surface area contributed by atoms with Crippen molar-refractivity contribution < 1.29 is 14.3 Å². The van der Waals surface area contributed by atoms with Gasteiger partial charge in [-0.05, 0) is 24.1 Å². The summed E-state index contributed by atoms with van der Waals surface area (Å²) in [4.78, 5) is 23.1. The lowest BCUT2D eigenvalue weighted by Gasteiger charge is -2.03. The molecule has 0 radical (unpaired) electrons. The number of carboxylic acids is 1. The first-order chi connectivity index (χ1) is 11.1. The van der Waals surface area contributed by atoms with Crippen LogP contribution < -0.4 is 5.43 Å². The van der Waals surface area contributed by atoms with E-state index in [4.69, 9.17) is 9.52 Å². The Morgan fingerprint density at radius 2 is 2.04 bits per heavy atom. The van der Waals surface area contributed by atoms with Crippen molar-refractivity contribution in [3.05, 3.63) is 76.2 Å². The number of rotatable bonds is 5. The summed E-state index contributed by atoms with van der Waals surface area (Å²) in [6.45, 7) is 0. The van der Waals surface area contributed by atoms with E-state index in [0.717, 1.165) is 5.56 Å². The first-order valence-electron chi connectivity index (χ1n) is 7.43. The average Bonchev–Trinajstić information content (AvgIpc) is 3.06. The number of hydrogen-bond acceptors (Lipinski definition) is 3. The lowest BCUT2D eigenvalue weighted by atomic mass is 10.1. The van der Waals surface area contributed by atoms with Crippen LogP contribution in [0.15, 0.2) is 64.1 Å². The Morgan fingerprint density at radius 3 is 2.78 bits per heavy atom. The van der Waals surface area contributed by atoms with Crippen LogP contribution in [0.4, 0.5) is 0 Å². The van der Waals surface area contributed by atoms with Crippen molar-refractivity contribution in [2.24, 2.45) is 5.92 Å². The summed E-state index contributed by atoms with van der Waals surface area (Å²) in [6, 6.07) is 5.43. The quantitative estimate of drug-likeness (QED) is 0.917. The lowest BCUT2D eigenvalue weighted by molar-refractivity contribution is -0.136. The third-order valence-electron chi connectivity index (χ3n) is 3.76. The van der Waals surface area contributed by atoms with Crippen molar-refractivity contribution in [1.29, 1.82) is 0 Å². The molecule has 0 saturated carbocycles. The normalized spacial score (nSPS) is 14.3. The van der Waals surface area contributed by atoms with Crippen LogP contribution in [0, 0.1) is 5.92 Å². The van der Waals surface area contributed by atoms with E-state index in [-0.39, 0.29) is 24.2 Å². The zero-order valence-corrected chi connectivity index (χ0v) is 12.4. The fourth-order valence-electron chi connectivity index (χ4n) is 2.51. The van der Waals surface area contributed by atoms with Gasteiger partial charge in [0.25, 0.3) is 0 Å². The van der Waals surface area contributed by atoms with Crippen molar-refractivity contribution >= 4 is 23.0 Å². The Hall–Kier alpha value is -2.88. The van der Waals surface area contributed by atoms with Gasteiger partial charge in [-0.3, -0.25) is 9.59 Å². The van der Waals surface area contributed by atoms with E-state index in [1.165, 1.54) is 6.26 Å². The molecule has 3 rings (SSSR count). The molecular formula is C19H16O4. The van der Waals surface area contributed by atoms with E-state index in [2.05, 4.69) is 18.2 Å². The van der Waals surface area contributed by atoms with Gasteiger partial charge < -0.3 is 9.52 Å². The molecular weight excluding hydrogens is 292 g/mol. The highest BCUT2D eigenvalue weighted by atomic mass is 16.4. The van der Waals surface area contributed by atoms with Gasteiger partial charge in [-0.25, -0.2) is 0 Å². The number of hydrogen-bond donors (Lipinski definition) is 1. The third-order valence-corrected chi connectivity index (χ3v) is 3.76. The zero-order valence-electron chi connectivity index (χ0n) is 12.4. The largest absolute Gasteiger partial charge is 0.481 e. The maximum absolute atomic E-state index is 12.5. The van der Waals surface area contributed by atoms with Crippen LogP contribution in [0.1, 0.15) is 17.5 Å². The van der Waals surface area contributed by atoms with Crippen molar-refractivity contribution in [1.82, 2.24) is 0 Å². The highest BCUT2D eigenvalue weighted by Gasteiger charge is 2.09. The Labute approximate surface area is 133 Å². The second kappa shape index (κ2) is 6.48. The van der Waals surface area contributed by atoms with Crippen LogP contribution in [-0.4, -0.2) is 11.1 Å². The Kier molecular flexibility index (Phi) is 4.24. The molecule has 2 aromatic rings. The maximum atomic E-state index is 12.5. The third kappa shape index (κ3) is 3.48. The Balaban J connectivity index is 1.92. The minimum Gasteiger partial charge on any atom is -0.481 e. The van der Waals surface area contributed by atoms with E-state index in [9.17, 15) is 9.59 Å². The highest BCUT2D eigenvalue weighted by Crippen LogP contribution is 2.17. The number of aliphatic carboxylic acids is 1. The number of allylic oxidation sites excluding steroid dienone is 5. The van der Waals surface area contributed by atoms with E-state index >= 15 is 0 Å². The van der Waals surface area contributed by atoms with Crippen LogP contribution in [0.2, 0.25) is 0 Å². The van der Waals surface area contributed by atoms with Crippen LogP contribution in [0.25, 0.3) is 17.0 Å².